The van der Waals surface area contributed by atoms with E-state index in [9.17, 15) is 0 Å². The van der Waals surface area contributed by atoms with E-state index in [0.29, 0.717) is 18.1 Å². The molecule has 0 saturated carbocycles. The normalized spacial score (nSPS) is 12.7. The molecule has 3 N–H and O–H groups in total. The minimum absolute atomic E-state index is 0.524. The summed E-state index contributed by atoms with van der Waals surface area (Å²) >= 11 is 0. The Morgan fingerprint density at radius 2 is 1.92 bits per heavy atom. The van der Waals surface area contributed by atoms with Crippen LogP contribution in [0.3, 0.4) is 0 Å². The van der Waals surface area contributed by atoms with E-state index < -0.39 is 0 Å². The molecule has 0 bridgehead atoms. The van der Waals surface area contributed by atoms with E-state index in [2.05, 4.69) is 38.4 Å². The largest absolute Gasteiger partial charge is 0.492 e. The zero-order chi connectivity index (χ0) is 17.9. The molecule has 2 aromatic carbocycles. The van der Waals surface area contributed by atoms with E-state index >= 15 is 0 Å². The molecule has 3 aromatic rings. The van der Waals surface area contributed by atoms with Crippen molar-refractivity contribution in [1.29, 1.82) is 0 Å². The Kier molecular flexibility index (Phi) is 4.31. The first-order valence-electron chi connectivity index (χ1n) is 8.72. The molecule has 1 aromatic heterocycles. The molecule has 1 aliphatic rings. The van der Waals surface area contributed by atoms with E-state index in [4.69, 9.17) is 10.5 Å². The predicted molar refractivity (Wildman–Crippen MR) is 104 cm³/mol. The standard InChI is InChI=1S/C20H21N5O/c1-2-26-17-10-6-4-8-15(17)24-19-18(21)20(23-13-22-19)25-12-11-14-7-3-5-9-16(14)25/h3-10,13H,2,11-12,21H2,1H3,(H,22,23,24). The smallest absolute Gasteiger partial charge is 0.161 e. The Morgan fingerprint density at radius 1 is 1.12 bits per heavy atom. The van der Waals surface area contributed by atoms with Crippen LogP contribution in [0.15, 0.2) is 54.9 Å². The van der Waals surface area contributed by atoms with Gasteiger partial charge in [0.05, 0.1) is 12.3 Å². The van der Waals surface area contributed by atoms with E-state index in [0.717, 1.165) is 35.9 Å². The van der Waals surface area contributed by atoms with Crippen molar-refractivity contribution in [2.75, 3.05) is 29.1 Å². The van der Waals surface area contributed by atoms with Crippen LogP contribution in [0.5, 0.6) is 5.75 Å². The third kappa shape index (κ3) is 2.90. The lowest BCUT2D eigenvalue weighted by molar-refractivity contribution is 0.342. The molecule has 6 heteroatoms. The zero-order valence-electron chi connectivity index (χ0n) is 14.6. The summed E-state index contributed by atoms with van der Waals surface area (Å²) in [7, 11) is 0. The number of fused-ring (bicyclic) bond motifs is 1. The Labute approximate surface area is 152 Å². The fourth-order valence-electron chi connectivity index (χ4n) is 3.24. The van der Waals surface area contributed by atoms with Crippen LogP contribution in [-0.4, -0.2) is 23.1 Å². The molecule has 1 aliphatic heterocycles. The number of rotatable bonds is 5. The van der Waals surface area contributed by atoms with E-state index in [1.807, 2.05) is 37.3 Å². The Hall–Kier alpha value is -3.28. The summed E-state index contributed by atoms with van der Waals surface area (Å²) < 4.78 is 5.67. The Bertz CT molecular complexity index is 928. The quantitative estimate of drug-likeness (QED) is 0.729. The van der Waals surface area contributed by atoms with Crippen LogP contribution in [0.2, 0.25) is 0 Å². The molecule has 0 radical (unpaired) electrons. The molecule has 0 fully saturated rings. The molecular formula is C20H21N5O. The van der Waals surface area contributed by atoms with Crippen molar-refractivity contribution >= 4 is 28.7 Å². The monoisotopic (exact) mass is 347 g/mol. The third-order valence-electron chi connectivity index (χ3n) is 4.45. The maximum absolute atomic E-state index is 6.42. The van der Waals surface area contributed by atoms with Crippen molar-refractivity contribution in [3.63, 3.8) is 0 Å². The van der Waals surface area contributed by atoms with Crippen LogP contribution in [-0.2, 0) is 6.42 Å². The second kappa shape index (κ2) is 6.92. The number of nitrogen functional groups attached to an aromatic ring is 1. The molecule has 6 nitrogen and oxygen atoms in total. The first-order chi connectivity index (χ1) is 12.8. The van der Waals surface area contributed by atoms with Gasteiger partial charge in [-0.3, -0.25) is 0 Å². The zero-order valence-corrected chi connectivity index (χ0v) is 14.6. The summed E-state index contributed by atoms with van der Waals surface area (Å²) in [5.74, 6) is 2.06. The van der Waals surface area contributed by atoms with Crippen LogP contribution in [0.25, 0.3) is 0 Å². The summed E-state index contributed by atoms with van der Waals surface area (Å²) in [6.07, 6.45) is 2.52. The predicted octanol–water partition coefficient (Wildman–Crippen LogP) is 3.90. The average molecular weight is 347 g/mol. The molecule has 2 heterocycles. The van der Waals surface area contributed by atoms with Gasteiger partial charge in [0.25, 0.3) is 0 Å². The lowest BCUT2D eigenvalue weighted by atomic mass is 10.2. The second-order valence-electron chi connectivity index (χ2n) is 6.04. The van der Waals surface area contributed by atoms with Crippen molar-refractivity contribution in [1.82, 2.24) is 9.97 Å². The summed E-state index contributed by atoms with van der Waals surface area (Å²) in [5, 5.41) is 3.29. The Morgan fingerprint density at radius 3 is 2.81 bits per heavy atom. The maximum atomic E-state index is 6.42. The number of hydrogen-bond acceptors (Lipinski definition) is 6. The third-order valence-corrected chi connectivity index (χ3v) is 4.45. The minimum Gasteiger partial charge on any atom is -0.492 e. The highest BCUT2D eigenvalue weighted by atomic mass is 16.5. The van der Waals surface area contributed by atoms with Gasteiger partial charge < -0.3 is 20.7 Å². The lowest BCUT2D eigenvalue weighted by Gasteiger charge is -2.21. The van der Waals surface area contributed by atoms with E-state index in [-0.39, 0.29) is 0 Å². The molecule has 132 valence electrons. The van der Waals surface area contributed by atoms with Gasteiger partial charge in [0.2, 0.25) is 0 Å². The van der Waals surface area contributed by atoms with Crippen molar-refractivity contribution in [3.05, 3.63) is 60.4 Å². The fraction of sp³-hybridized carbons (Fsp3) is 0.200. The van der Waals surface area contributed by atoms with E-state index in [1.165, 1.54) is 11.9 Å². The van der Waals surface area contributed by atoms with Crippen molar-refractivity contribution in [3.8, 4) is 5.75 Å². The average Bonchev–Trinajstić information content (AvgIpc) is 3.09. The Balaban J connectivity index is 1.68. The van der Waals surface area contributed by atoms with Crippen molar-refractivity contribution in [2.45, 2.75) is 13.3 Å². The molecule has 0 amide bonds. The van der Waals surface area contributed by atoms with Crippen LogP contribution >= 0.6 is 0 Å². The summed E-state index contributed by atoms with van der Waals surface area (Å²) in [5.41, 5.74) is 10.2. The molecule has 0 saturated heterocycles. The first-order valence-corrected chi connectivity index (χ1v) is 8.72. The van der Waals surface area contributed by atoms with Gasteiger partial charge in [-0.05, 0) is 37.1 Å². The number of benzene rings is 2. The van der Waals surface area contributed by atoms with Crippen molar-refractivity contribution < 1.29 is 4.74 Å². The molecule has 0 atom stereocenters. The van der Waals surface area contributed by atoms with Gasteiger partial charge in [-0.25, -0.2) is 9.97 Å². The SMILES string of the molecule is CCOc1ccccc1Nc1ncnc(N2CCc3ccccc32)c1N. The summed E-state index contributed by atoms with van der Waals surface area (Å²) in [6.45, 7) is 3.40. The fourth-order valence-corrected chi connectivity index (χ4v) is 3.24. The van der Waals surface area contributed by atoms with Crippen LogP contribution in [0, 0.1) is 0 Å². The van der Waals surface area contributed by atoms with Gasteiger partial charge in [0.15, 0.2) is 11.6 Å². The van der Waals surface area contributed by atoms with E-state index in [1.54, 1.807) is 0 Å². The highest BCUT2D eigenvalue weighted by Gasteiger charge is 2.24. The number of nitrogens with one attached hydrogen (secondary N) is 1. The van der Waals surface area contributed by atoms with Gasteiger partial charge in [-0.15, -0.1) is 0 Å². The van der Waals surface area contributed by atoms with Crippen LogP contribution < -0.4 is 20.7 Å². The molecule has 0 aliphatic carbocycles. The number of ether oxygens (including phenoxy) is 1. The highest BCUT2D eigenvalue weighted by Crippen LogP contribution is 2.38. The van der Waals surface area contributed by atoms with Crippen molar-refractivity contribution in [2.24, 2.45) is 0 Å². The highest BCUT2D eigenvalue weighted by molar-refractivity contribution is 5.83. The number of aromatic nitrogens is 2. The maximum Gasteiger partial charge on any atom is 0.161 e. The molecule has 26 heavy (non-hydrogen) atoms. The van der Waals surface area contributed by atoms with Crippen LogP contribution in [0.4, 0.5) is 28.7 Å². The first kappa shape index (κ1) is 16.2. The number of nitrogens with two attached hydrogens (primary N) is 1. The molecule has 0 unspecified atom stereocenters. The second-order valence-corrected chi connectivity index (χ2v) is 6.04. The molecule has 0 spiro atoms. The topological polar surface area (TPSA) is 76.3 Å². The summed E-state index contributed by atoms with van der Waals surface area (Å²) in [4.78, 5) is 10.9. The lowest BCUT2D eigenvalue weighted by Crippen LogP contribution is -2.17. The molecule has 4 rings (SSSR count). The van der Waals surface area contributed by atoms with Crippen LogP contribution in [0.1, 0.15) is 12.5 Å². The number of hydrogen-bond donors (Lipinski definition) is 2. The van der Waals surface area contributed by atoms with Gasteiger partial charge >= 0.3 is 0 Å². The minimum atomic E-state index is 0.524. The van der Waals surface area contributed by atoms with Gasteiger partial charge in [-0.2, -0.15) is 0 Å². The van der Waals surface area contributed by atoms with Gasteiger partial charge in [-0.1, -0.05) is 30.3 Å². The summed E-state index contributed by atoms with van der Waals surface area (Å²) in [6, 6.07) is 16.1. The van der Waals surface area contributed by atoms with Gasteiger partial charge in [0.1, 0.15) is 17.8 Å². The number of para-hydroxylation sites is 3. The number of anilines is 5. The van der Waals surface area contributed by atoms with Gasteiger partial charge in [0, 0.05) is 12.2 Å². The molecular weight excluding hydrogens is 326 g/mol. The number of nitrogens with zero attached hydrogens (tertiary/aromatic N) is 3.